The monoisotopic (exact) mass is 609 g/mol. The molecule has 1 aromatic carbocycles. The Morgan fingerprint density at radius 3 is 2.37 bits per heavy atom. The van der Waals surface area contributed by atoms with E-state index in [2.05, 4.69) is 33.9 Å². The van der Waals surface area contributed by atoms with Crippen LogP contribution in [0.25, 0.3) is 0 Å². The van der Waals surface area contributed by atoms with Crippen LogP contribution in [-0.4, -0.2) is 84.8 Å². The molecule has 0 radical (unpaired) electrons. The topological polar surface area (TPSA) is 81.2 Å². The predicted molar refractivity (Wildman–Crippen MR) is 174 cm³/mol. The average molecular weight is 610 g/mol. The lowest BCUT2D eigenvalue weighted by Gasteiger charge is -2.42. The van der Waals surface area contributed by atoms with E-state index in [9.17, 15) is 19.5 Å². The number of carbonyl (C=O) groups excluding carboxylic acids is 3. The lowest BCUT2D eigenvalue weighted by molar-refractivity contribution is -0.149. The smallest absolute Gasteiger partial charge is 0.247 e. The summed E-state index contributed by atoms with van der Waals surface area (Å²) < 4.78 is -1.20. The van der Waals surface area contributed by atoms with Gasteiger partial charge in [0.05, 0.1) is 29.2 Å². The third-order valence-corrected chi connectivity index (χ3v) is 12.3. The maximum atomic E-state index is 14.8. The Labute approximate surface area is 262 Å². The summed E-state index contributed by atoms with van der Waals surface area (Å²) in [5.41, 5.74) is 1.02. The second-order valence-electron chi connectivity index (χ2n) is 13.0. The van der Waals surface area contributed by atoms with Crippen LogP contribution < -0.4 is 0 Å². The van der Waals surface area contributed by atoms with Gasteiger partial charge in [0, 0.05) is 30.4 Å². The van der Waals surface area contributed by atoms with E-state index in [1.54, 1.807) is 28.8 Å². The lowest BCUT2D eigenvalue weighted by Crippen LogP contribution is -2.59. The van der Waals surface area contributed by atoms with Gasteiger partial charge in [0.1, 0.15) is 6.04 Å². The number of aliphatic hydroxyl groups excluding tert-OH is 1. The summed E-state index contributed by atoms with van der Waals surface area (Å²) >= 11 is 1.69. The Kier molecular flexibility index (Phi) is 10.5. The van der Waals surface area contributed by atoms with Crippen molar-refractivity contribution in [3.8, 4) is 0 Å². The minimum Gasteiger partial charge on any atom is -0.394 e. The highest BCUT2D eigenvalue weighted by molar-refractivity contribution is 8.02. The second-order valence-corrected chi connectivity index (χ2v) is 14.9. The van der Waals surface area contributed by atoms with E-state index in [1.165, 1.54) is 0 Å². The highest BCUT2D eigenvalue weighted by atomic mass is 32.2. The number of amides is 3. The molecule has 1 aromatic rings. The number of rotatable bonds is 15. The Morgan fingerprint density at radius 2 is 1.79 bits per heavy atom. The van der Waals surface area contributed by atoms with Crippen molar-refractivity contribution >= 4 is 29.5 Å². The quantitative estimate of drug-likeness (QED) is 0.273. The third-order valence-electron chi connectivity index (χ3n) is 10.3. The van der Waals surface area contributed by atoms with E-state index < -0.39 is 33.4 Å². The molecule has 8 heteroatoms. The third kappa shape index (κ3) is 5.82. The number of likely N-dealkylation sites (tertiary alicyclic amines) is 1. The van der Waals surface area contributed by atoms with Crippen LogP contribution in [0.3, 0.4) is 0 Å². The zero-order valence-electron chi connectivity index (χ0n) is 26.7. The zero-order valence-corrected chi connectivity index (χ0v) is 27.5. The molecule has 8 atom stereocenters. The van der Waals surface area contributed by atoms with Gasteiger partial charge in [0.25, 0.3) is 0 Å². The van der Waals surface area contributed by atoms with Crippen molar-refractivity contribution in [1.82, 2.24) is 14.7 Å². The van der Waals surface area contributed by atoms with Gasteiger partial charge in [-0.1, -0.05) is 76.1 Å². The largest absolute Gasteiger partial charge is 0.394 e. The number of carbonyl (C=O) groups is 3. The first kappa shape index (κ1) is 33.3. The molecule has 0 aromatic heterocycles. The summed E-state index contributed by atoms with van der Waals surface area (Å²) in [7, 11) is 0. The van der Waals surface area contributed by atoms with Gasteiger partial charge in [0.15, 0.2) is 0 Å². The number of benzene rings is 1. The van der Waals surface area contributed by atoms with Crippen LogP contribution in [0.4, 0.5) is 0 Å². The Balaban J connectivity index is 1.82. The number of nitrogens with zero attached hydrogens (tertiary/aromatic N) is 3. The number of hydrogen-bond donors (Lipinski definition) is 1. The summed E-state index contributed by atoms with van der Waals surface area (Å²) in [6, 6.07) is 8.61. The minimum atomic E-state index is -0.748. The van der Waals surface area contributed by atoms with Gasteiger partial charge in [-0.15, -0.1) is 24.9 Å². The molecular weight excluding hydrogens is 558 g/mol. The summed E-state index contributed by atoms with van der Waals surface area (Å²) in [6.07, 6.45) is 7.45. The fraction of sp³-hybridized carbons (Fsp3) is 0.629. The average Bonchev–Trinajstić information content (AvgIpc) is 3.56. The van der Waals surface area contributed by atoms with Gasteiger partial charge in [-0.2, -0.15) is 0 Å². The van der Waals surface area contributed by atoms with Crippen molar-refractivity contribution in [2.75, 3.05) is 19.7 Å². The van der Waals surface area contributed by atoms with Gasteiger partial charge in [0.2, 0.25) is 17.7 Å². The van der Waals surface area contributed by atoms with E-state index in [4.69, 9.17) is 0 Å². The standard InChI is InChI=1S/C35H51N3O4S/c1-8-15-25(6)37(21-10-3)33(42)30-35-19-18-34(7,43-35)28(29(35)32(41)38(30)27(23-39)24(5)11-4)31(40)36(20-9-2)22-26-16-13-12-14-17-26/h9-10,12-14,16-17,24-25,27-30,39H,2-3,8,11,15,18-23H2,1,4-7H3/t24-,25?,27-,28+,29-,30?,34-,35?/m0/s1. The van der Waals surface area contributed by atoms with Crippen LogP contribution >= 0.6 is 11.8 Å². The normalized spacial score (nSPS) is 29.6. The van der Waals surface area contributed by atoms with Crippen LogP contribution in [0.15, 0.2) is 55.6 Å². The van der Waals surface area contributed by atoms with Gasteiger partial charge in [-0.25, -0.2) is 0 Å². The first-order chi connectivity index (χ1) is 20.5. The zero-order chi connectivity index (χ0) is 31.5. The van der Waals surface area contributed by atoms with E-state index >= 15 is 0 Å². The van der Waals surface area contributed by atoms with E-state index in [0.717, 1.165) is 31.2 Å². The molecule has 3 aliphatic rings. The summed E-state index contributed by atoms with van der Waals surface area (Å²) in [6.45, 7) is 19.2. The molecule has 4 rings (SSSR count). The van der Waals surface area contributed by atoms with Gasteiger partial charge >= 0.3 is 0 Å². The lowest BCUT2D eigenvalue weighted by atomic mass is 9.66. The van der Waals surface area contributed by atoms with Crippen molar-refractivity contribution in [2.45, 2.75) is 101 Å². The van der Waals surface area contributed by atoms with Crippen molar-refractivity contribution in [3.63, 3.8) is 0 Å². The molecule has 43 heavy (non-hydrogen) atoms. The number of hydrogen-bond acceptors (Lipinski definition) is 5. The Morgan fingerprint density at radius 1 is 1.12 bits per heavy atom. The number of thioether (sulfide) groups is 1. The summed E-state index contributed by atoms with van der Waals surface area (Å²) in [4.78, 5) is 49.6. The fourth-order valence-corrected chi connectivity index (χ4v) is 10.3. The maximum absolute atomic E-state index is 14.8. The minimum absolute atomic E-state index is 0.0114. The highest BCUT2D eigenvalue weighted by Crippen LogP contribution is 2.72. The molecule has 1 N–H and O–H groups in total. The highest BCUT2D eigenvalue weighted by Gasteiger charge is 2.78. The Bertz CT molecular complexity index is 1190. The molecule has 3 unspecified atom stereocenters. The van der Waals surface area contributed by atoms with Crippen molar-refractivity contribution < 1.29 is 19.5 Å². The van der Waals surface area contributed by atoms with E-state index in [0.29, 0.717) is 26.1 Å². The molecule has 3 aliphatic heterocycles. The van der Waals surface area contributed by atoms with Gasteiger partial charge in [-0.3, -0.25) is 14.4 Å². The number of aliphatic hydroxyl groups is 1. The second kappa shape index (κ2) is 13.6. The molecule has 1 spiro atoms. The predicted octanol–water partition coefficient (Wildman–Crippen LogP) is 5.29. The molecule has 0 saturated carbocycles. The van der Waals surface area contributed by atoms with Crippen LogP contribution in [0.1, 0.15) is 72.3 Å². The van der Waals surface area contributed by atoms with Crippen LogP contribution in [0.5, 0.6) is 0 Å². The van der Waals surface area contributed by atoms with Crippen molar-refractivity contribution in [2.24, 2.45) is 17.8 Å². The van der Waals surface area contributed by atoms with Gasteiger partial charge in [-0.05, 0) is 44.6 Å². The molecule has 3 fully saturated rings. The van der Waals surface area contributed by atoms with Crippen LogP contribution in [-0.2, 0) is 20.9 Å². The molecule has 3 heterocycles. The van der Waals surface area contributed by atoms with Crippen LogP contribution in [0.2, 0.25) is 0 Å². The number of fused-ring (bicyclic) bond motifs is 1. The molecule has 7 nitrogen and oxygen atoms in total. The van der Waals surface area contributed by atoms with Crippen molar-refractivity contribution in [1.29, 1.82) is 0 Å². The fourth-order valence-electron chi connectivity index (χ4n) is 7.94. The molecule has 3 amide bonds. The summed E-state index contributed by atoms with van der Waals surface area (Å²) in [5, 5.41) is 10.7. The first-order valence-corrected chi connectivity index (χ1v) is 16.8. The molecule has 0 aliphatic carbocycles. The van der Waals surface area contributed by atoms with E-state index in [1.807, 2.05) is 54.0 Å². The van der Waals surface area contributed by atoms with Crippen molar-refractivity contribution in [3.05, 3.63) is 61.2 Å². The van der Waals surface area contributed by atoms with Crippen LogP contribution in [0, 0.1) is 17.8 Å². The Hall–Kier alpha value is -2.58. The molecular formula is C35H51N3O4S. The van der Waals surface area contributed by atoms with E-state index in [-0.39, 0.29) is 36.3 Å². The first-order valence-electron chi connectivity index (χ1n) is 16.0. The molecule has 3 saturated heterocycles. The molecule has 2 bridgehead atoms. The SMILES string of the molecule is C=CCN(Cc1ccccc1)C(=O)[C@H]1[C@H]2C(=O)N([C@@H](CO)[C@@H](C)CC)C(C(=O)N(CC=C)C(C)CCC)C23CC[C@]1(C)S3. The maximum Gasteiger partial charge on any atom is 0.247 e. The van der Waals surface area contributed by atoms with Gasteiger partial charge < -0.3 is 19.8 Å². The summed E-state index contributed by atoms with van der Waals surface area (Å²) in [5.74, 6) is -1.52. The molecule has 236 valence electrons.